The number of hydrogen-bond donors (Lipinski definition) is 1. The molecule has 1 aromatic carbocycles. The zero-order valence-corrected chi connectivity index (χ0v) is 13.2. The van der Waals surface area contributed by atoms with E-state index >= 15 is 0 Å². The molecule has 21 heavy (non-hydrogen) atoms. The molecule has 1 fully saturated rings. The lowest BCUT2D eigenvalue weighted by molar-refractivity contribution is 0.0697. The smallest absolute Gasteiger partial charge is 0.335 e. The monoisotopic (exact) mass is 304 g/mol. The van der Waals surface area contributed by atoms with Crippen LogP contribution in [-0.2, 0) is 6.54 Å². The highest BCUT2D eigenvalue weighted by atomic mass is 32.2. The van der Waals surface area contributed by atoms with Crippen LogP contribution in [0.15, 0.2) is 18.2 Å². The molecular formula is C16H20N2O2S. The van der Waals surface area contributed by atoms with E-state index in [0.29, 0.717) is 17.4 Å². The summed E-state index contributed by atoms with van der Waals surface area (Å²) < 4.78 is 2.31. The number of benzene rings is 1. The molecule has 0 bridgehead atoms. The van der Waals surface area contributed by atoms with Gasteiger partial charge in [-0.3, -0.25) is 0 Å². The van der Waals surface area contributed by atoms with Crippen LogP contribution in [0.5, 0.6) is 0 Å². The van der Waals surface area contributed by atoms with E-state index in [4.69, 9.17) is 10.1 Å². The summed E-state index contributed by atoms with van der Waals surface area (Å²) in [6.07, 6.45) is 4.53. The molecule has 0 radical (unpaired) electrons. The normalized spacial score (nSPS) is 16.3. The van der Waals surface area contributed by atoms with Gasteiger partial charge in [0.25, 0.3) is 0 Å². The van der Waals surface area contributed by atoms with E-state index in [9.17, 15) is 4.79 Å². The van der Waals surface area contributed by atoms with E-state index in [1.54, 1.807) is 12.1 Å². The van der Waals surface area contributed by atoms with Gasteiger partial charge in [-0.25, -0.2) is 9.78 Å². The van der Waals surface area contributed by atoms with Crippen LogP contribution < -0.4 is 0 Å². The molecule has 1 atom stereocenters. The third-order valence-electron chi connectivity index (χ3n) is 3.91. The summed E-state index contributed by atoms with van der Waals surface area (Å²) in [5.41, 5.74) is 2.19. The molecule has 1 aliphatic rings. The zero-order valence-electron chi connectivity index (χ0n) is 12.4. The minimum atomic E-state index is -0.893. The molecule has 0 saturated heterocycles. The zero-order chi connectivity index (χ0) is 15.0. The van der Waals surface area contributed by atoms with Crippen molar-refractivity contribution in [3.05, 3.63) is 29.6 Å². The Bertz CT molecular complexity index is 676. The summed E-state index contributed by atoms with van der Waals surface area (Å²) in [6.45, 7) is 3.21. The summed E-state index contributed by atoms with van der Waals surface area (Å²) in [5, 5.41) is 9.12. The van der Waals surface area contributed by atoms with Crippen LogP contribution in [0.25, 0.3) is 11.0 Å². The van der Waals surface area contributed by atoms with Crippen LogP contribution in [0.3, 0.4) is 0 Å². The molecule has 5 heteroatoms. The van der Waals surface area contributed by atoms with Crippen LogP contribution in [-0.4, -0.2) is 32.6 Å². The van der Waals surface area contributed by atoms with Gasteiger partial charge in [0, 0.05) is 12.5 Å². The van der Waals surface area contributed by atoms with E-state index < -0.39 is 5.97 Å². The maximum Gasteiger partial charge on any atom is 0.335 e. The van der Waals surface area contributed by atoms with Crippen LogP contribution in [0.2, 0.25) is 0 Å². The molecular weight excluding hydrogens is 284 g/mol. The molecule has 0 spiro atoms. The molecule has 1 saturated carbocycles. The molecule has 1 N–H and O–H groups in total. The van der Waals surface area contributed by atoms with Crippen LogP contribution in [0, 0.1) is 5.92 Å². The topological polar surface area (TPSA) is 55.1 Å². The lowest BCUT2D eigenvalue weighted by Gasteiger charge is -2.14. The average molecular weight is 304 g/mol. The molecule has 1 aliphatic carbocycles. The molecule has 1 aromatic heterocycles. The highest BCUT2D eigenvalue weighted by molar-refractivity contribution is 7.98. The minimum Gasteiger partial charge on any atom is -0.478 e. The van der Waals surface area contributed by atoms with Gasteiger partial charge in [0.15, 0.2) is 0 Å². The van der Waals surface area contributed by atoms with Gasteiger partial charge in [-0.2, -0.15) is 11.8 Å². The first-order chi connectivity index (χ1) is 10.1. The predicted molar refractivity (Wildman–Crippen MR) is 86.2 cm³/mol. The summed E-state index contributed by atoms with van der Waals surface area (Å²) in [4.78, 5) is 15.8. The van der Waals surface area contributed by atoms with Gasteiger partial charge in [0.05, 0.1) is 16.6 Å². The van der Waals surface area contributed by atoms with Crippen molar-refractivity contribution < 1.29 is 9.90 Å². The number of aromatic nitrogens is 2. The van der Waals surface area contributed by atoms with Gasteiger partial charge in [0.1, 0.15) is 5.82 Å². The van der Waals surface area contributed by atoms with Crippen molar-refractivity contribution in [2.75, 3.05) is 12.0 Å². The van der Waals surface area contributed by atoms with Crippen LogP contribution >= 0.6 is 11.8 Å². The van der Waals surface area contributed by atoms with Crippen molar-refractivity contribution in [1.82, 2.24) is 9.55 Å². The fourth-order valence-electron chi connectivity index (χ4n) is 2.78. The van der Waals surface area contributed by atoms with Crippen molar-refractivity contribution in [3.63, 3.8) is 0 Å². The summed E-state index contributed by atoms with van der Waals surface area (Å²) in [6, 6.07) is 5.28. The molecule has 112 valence electrons. The number of aromatic carboxylic acids is 1. The van der Waals surface area contributed by atoms with Gasteiger partial charge in [-0.15, -0.1) is 0 Å². The number of carboxylic acid groups (broad SMARTS) is 1. The molecule has 0 amide bonds. The second-order valence-electron chi connectivity index (χ2n) is 5.92. The fourth-order valence-corrected chi connectivity index (χ4v) is 3.45. The van der Waals surface area contributed by atoms with Gasteiger partial charge in [-0.1, -0.05) is 6.92 Å². The maximum atomic E-state index is 11.1. The first-order valence-corrected chi connectivity index (χ1v) is 8.72. The Labute approximate surface area is 128 Å². The SMILES string of the molecule is CSCC(C)Cn1c(C2CC2)nc2cc(C(=O)O)ccc21. The van der Waals surface area contributed by atoms with Crippen molar-refractivity contribution >= 4 is 28.8 Å². The number of fused-ring (bicyclic) bond motifs is 1. The maximum absolute atomic E-state index is 11.1. The van der Waals surface area contributed by atoms with E-state index in [2.05, 4.69) is 17.7 Å². The summed E-state index contributed by atoms with van der Waals surface area (Å²) in [5.74, 6) is 2.51. The number of thioether (sulfide) groups is 1. The first-order valence-electron chi connectivity index (χ1n) is 7.32. The lowest BCUT2D eigenvalue weighted by atomic mass is 10.2. The number of rotatable bonds is 6. The third kappa shape index (κ3) is 2.93. The van der Waals surface area contributed by atoms with E-state index in [1.807, 2.05) is 17.8 Å². The summed E-state index contributed by atoms with van der Waals surface area (Å²) in [7, 11) is 0. The van der Waals surface area contributed by atoms with Gasteiger partial charge < -0.3 is 9.67 Å². The quantitative estimate of drug-likeness (QED) is 0.885. The standard InChI is InChI=1S/C16H20N2O2S/c1-10(9-21-2)8-18-14-6-5-12(16(19)20)7-13(14)17-15(18)11-3-4-11/h5-7,10-11H,3-4,8-9H2,1-2H3,(H,19,20). The number of carbonyl (C=O) groups is 1. The molecule has 3 rings (SSSR count). The minimum absolute atomic E-state index is 0.312. The predicted octanol–water partition coefficient (Wildman–Crippen LogP) is 3.61. The van der Waals surface area contributed by atoms with E-state index in [0.717, 1.165) is 29.2 Å². The first kappa shape index (κ1) is 14.4. The molecule has 4 nitrogen and oxygen atoms in total. The molecule has 2 aromatic rings. The van der Waals surface area contributed by atoms with Gasteiger partial charge in [0.2, 0.25) is 0 Å². The fraction of sp³-hybridized carbons (Fsp3) is 0.500. The molecule has 1 unspecified atom stereocenters. The van der Waals surface area contributed by atoms with E-state index in [1.165, 1.54) is 12.8 Å². The van der Waals surface area contributed by atoms with Crippen LogP contribution in [0.1, 0.15) is 41.9 Å². The largest absolute Gasteiger partial charge is 0.478 e. The van der Waals surface area contributed by atoms with Crippen molar-refractivity contribution in [2.45, 2.75) is 32.2 Å². The number of imidazole rings is 1. The highest BCUT2D eigenvalue weighted by Crippen LogP contribution is 2.41. The second-order valence-corrected chi connectivity index (χ2v) is 6.83. The number of hydrogen-bond acceptors (Lipinski definition) is 3. The number of nitrogens with zero attached hydrogens (tertiary/aromatic N) is 2. The van der Waals surface area contributed by atoms with Gasteiger partial charge >= 0.3 is 5.97 Å². The number of carboxylic acids is 1. The van der Waals surface area contributed by atoms with Crippen molar-refractivity contribution in [2.24, 2.45) is 5.92 Å². The summed E-state index contributed by atoms with van der Waals surface area (Å²) >= 11 is 1.86. The average Bonchev–Trinajstić information content (AvgIpc) is 3.22. The van der Waals surface area contributed by atoms with Crippen molar-refractivity contribution in [1.29, 1.82) is 0 Å². The Balaban J connectivity index is 2.03. The van der Waals surface area contributed by atoms with Crippen molar-refractivity contribution in [3.8, 4) is 0 Å². The third-order valence-corrected chi connectivity index (χ3v) is 4.82. The Morgan fingerprint density at radius 1 is 1.52 bits per heavy atom. The Kier molecular flexibility index (Phi) is 3.93. The molecule has 1 heterocycles. The van der Waals surface area contributed by atoms with Gasteiger partial charge in [-0.05, 0) is 49.0 Å². The second kappa shape index (κ2) is 5.72. The van der Waals surface area contributed by atoms with E-state index in [-0.39, 0.29) is 0 Å². The lowest BCUT2D eigenvalue weighted by Crippen LogP contribution is -2.12. The Morgan fingerprint density at radius 3 is 2.90 bits per heavy atom. The molecule has 0 aliphatic heterocycles. The van der Waals surface area contributed by atoms with Crippen LogP contribution in [0.4, 0.5) is 0 Å². The Morgan fingerprint density at radius 2 is 2.29 bits per heavy atom. The highest BCUT2D eigenvalue weighted by Gasteiger charge is 2.30. The Hall–Kier alpha value is -1.49.